The van der Waals surface area contributed by atoms with Crippen LogP contribution in [0.1, 0.15) is 15.9 Å². The Morgan fingerprint density at radius 2 is 1.55 bits per heavy atom. The summed E-state index contributed by atoms with van der Waals surface area (Å²) in [6.07, 6.45) is -0.132. The molecule has 0 spiro atoms. The second kappa shape index (κ2) is 8.66. The molecule has 0 aliphatic heterocycles. The highest BCUT2D eigenvalue weighted by molar-refractivity contribution is 6.06. The van der Waals surface area contributed by atoms with Gasteiger partial charge in [-0.2, -0.15) is 0 Å². The Bertz CT molecular complexity index is 1060. The number of benzene rings is 3. The minimum absolute atomic E-state index is 0.102. The van der Waals surface area contributed by atoms with Crippen LogP contribution >= 0.6 is 0 Å². The molecule has 8 nitrogen and oxygen atoms in total. The molecule has 0 aliphatic rings. The van der Waals surface area contributed by atoms with E-state index in [4.69, 9.17) is 5.73 Å². The molecule has 0 aromatic heterocycles. The number of nitro groups is 1. The van der Waals surface area contributed by atoms with Gasteiger partial charge in [0.1, 0.15) is 0 Å². The number of hydrogen-bond acceptors (Lipinski definition) is 5. The van der Waals surface area contributed by atoms with Crippen molar-refractivity contribution in [1.82, 2.24) is 0 Å². The fourth-order valence-corrected chi connectivity index (χ4v) is 2.73. The average molecular weight is 390 g/mol. The second-order valence-corrected chi connectivity index (χ2v) is 6.23. The van der Waals surface area contributed by atoms with Crippen LogP contribution in [0.15, 0.2) is 72.8 Å². The van der Waals surface area contributed by atoms with Crippen molar-refractivity contribution in [1.29, 1.82) is 0 Å². The third kappa shape index (κ3) is 4.95. The Hall–Kier alpha value is -4.20. The zero-order chi connectivity index (χ0) is 20.8. The molecule has 0 saturated carbocycles. The third-order valence-corrected chi connectivity index (χ3v) is 4.18. The van der Waals surface area contributed by atoms with Crippen molar-refractivity contribution in [2.24, 2.45) is 0 Å². The molecule has 0 atom stereocenters. The highest BCUT2D eigenvalue weighted by Gasteiger charge is 2.15. The first-order chi connectivity index (χ1) is 13.9. The van der Waals surface area contributed by atoms with Crippen LogP contribution in [0.5, 0.6) is 0 Å². The highest BCUT2D eigenvalue weighted by Crippen LogP contribution is 2.20. The van der Waals surface area contributed by atoms with Crippen molar-refractivity contribution in [3.8, 4) is 0 Å². The maximum absolute atomic E-state index is 12.3. The number of amides is 2. The summed E-state index contributed by atoms with van der Waals surface area (Å²) in [5.41, 5.74) is 7.88. The summed E-state index contributed by atoms with van der Waals surface area (Å²) in [7, 11) is 0. The van der Waals surface area contributed by atoms with E-state index in [2.05, 4.69) is 10.6 Å². The molecule has 0 radical (unpaired) electrons. The van der Waals surface area contributed by atoms with Crippen LogP contribution < -0.4 is 16.4 Å². The molecule has 4 N–H and O–H groups in total. The van der Waals surface area contributed by atoms with E-state index in [9.17, 15) is 19.7 Å². The van der Waals surface area contributed by atoms with Crippen molar-refractivity contribution < 1.29 is 14.5 Å². The lowest BCUT2D eigenvalue weighted by atomic mass is 10.1. The van der Waals surface area contributed by atoms with E-state index in [-0.39, 0.29) is 18.0 Å². The van der Waals surface area contributed by atoms with Crippen molar-refractivity contribution in [3.63, 3.8) is 0 Å². The van der Waals surface area contributed by atoms with Crippen molar-refractivity contribution in [2.45, 2.75) is 6.42 Å². The van der Waals surface area contributed by atoms with E-state index in [1.54, 1.807) is 66.7 Å². The van der Waals surface area contributed by atoms with Crippen LogP contribution in [-0.2, 0) is 11.2 Å². The molecule has 2 amide bonds. The predicted octanol–water partition coefficient (Wildman–Crippen LogP) is 3.61. The lowest BCUT2D eigenvalue weighted by molar-refractivity contribution is -0.385. The number of anilines is 3. The van der Waals surface area contributed by atoms with Crippen molar-refractivity contribution >= 4 is 34.6 Å². The Labute approximate surface area is 166 Å². The van der Waals surface area contributed by atoms with Gasteiger partial charge in [0.25, 0.3) is 11.6 Å². The van der Waals surface area contributed by atoms with Gasteiger partial charge >= 0.3 is 0 Å². The van der Waals surface area contributed by atoms with E-state index in [1.165, 1.54) is 6.07 Å². The fourth-order valence-electron chi connectivity index (χ4n) is 2.73. The average Bonchev–Trinajstić information content (AvgIpc) is 2.70. The zero-order valence-electron chi connectivity index (χ0n) is 15.3. The van der Waals surface area contributed by atoms with Crippen molar-refractivity contribution in [2.75, 3.05) is 16.4 Å². The van der Waals surface area contributed by atoms with Crippen LogP contribution in [0, 0.1) is 10.1 Å². The predicted molar refractivity (Wildman–Crippen MR) is 111 cm³/mol. The molecule has 0 aliphatic carbocycles. The molecule has 0 unspecified atom stereocenters. The first kappa shape index (κ1) is 19.6. The van der Waals surface area contributed by atoms with E-state index in [0.717, 1.165) is 0 Å². The summed E-state index contributed by atoms with van der Waals surface area (Å²) in [5.74, 6) is -0.728. The number of para-hydroxylation sites is 3. The van der Waals surface area contributed by atoms with E-state index < -0.39 is 10.8 Å². The monoisotopic (exact) mass is 390 g/mol. The zero-order valence-corrected chi connectivity index (χ0v) is 15.3. The SMILES string of the molecule is Nc1ccccc1NC(=O)c1ccc(NC(=O)Cc2ccccc2[N+](=O)[O-])cc1. The van der Waals surface area contributed by atoms with Crippen LogP contribution in [0.4, 0.5) is 22.7 Å². The molecule has 3 aromatic rings. The quantitative estimate of drug-likeness (QED) is 0.336. The number of nitro benzene ring substituents is 1. The summed E-state index contributed by atoms with van der Waals surface area (Å²) < 4.78 is 0. The Balaban J connectivity index is 1.63. The fraction of sp³-hybridized carbons (Fsp3) is 0.0476. The van der Waals surface area contributed by atoms with E-state index in [1.807, 2.05) is 0 Å². The highest BCUT2D eigenvalue weighted by atomic mass is 16.6. The third-order valence-electron chi connectivity index (χ3n) is 4.18. The lowest BCUT2D eigenvalue weighted by Gasteiger charge is -2.09. The molecule has 29 heavy (non-hydrogen) atoms. The normalized spacial score (nSPS) is 10.2. The van der Waals surface area contributed by atoms with Gasteiger partial charge < -0.3 is 16.4 Å². The Kier molecular flexibility index (Phi) is 5.84. The number of nitrogen functional groups attached to an aromatic ring is 1. The van der Waals surface area contributed by atoms with Gasteiger partial charge in [-0.1, -0.05) is 30.3 Å². The number of carbonyl (C=O) groups is 2. The second-order valence-electron chi connectivity index (χ2n) is 6.23. The molecular weight excluding hydrogens is 372 g/mol. The van der Waals surface area contributed by atoms with E-state index in [0.29, 0.717) is 28.2 Å². The molecule has 0 saturated heterocycles. The van der Waals surface area contributed by atoms with Gasteiger partial charge in [0.15, 0.2) is 0 Å². The Morgan fingerprint density at radius 1 is 0.897 bits per heavy atom. The number of nitrogens with one attached hydrogen (secondary N) is 2. The maximum Gasteiger partial charge on any atom is 0.273 e. The summed E-state index contributed by atoms with van der Waals surface area (Å²) in [5, 5.41) is 16.4. The molecule has 0 fully saturated rings. The lowest BCUT2D eigenvalue weighted by Crippen LogP contribution is -2.16. The van der Waals surface area contributed by atoms with E-state index >= 15 is 0 Å². The van der Waals surface area contributed by atoms with Gasteiger partial charge in [0.05, 0.1) is 22.7 Å². The maximum atomic E-state index is 12.3. The molecule has 3 rings (SSSR count). The Morgan fingerprint density at radius 3 is 2.24 bits per heavy atom. The summed E-state index contributed by atoms with van der Waals surface area (Å²) in [6, 6.07) is 19.3. The van der Waals surface area contributed by atoms with Crippen LogP contribution in [-0.4, -0.2) is 16.7 Å². The summed E-state index contributed by atoms with van der Waals surface area (Å²) in [4.78, 5) is 35.1. The van der Waals surface area contributed by atoms with Gasteiger partial charge in [0, 0.05) is 22.9 Å². The molecule has 3 aromatic carbocycles. The summed E-state index contributed by atoms with van der Waals surface area (Å²) in [6.45, 7) is 0. The first-order valence-corrected chi connectivity index (χ1v) is 8.72. The molecule has 0 bridgehead atoms. The largest absolute Gasteiger partial charge is 0.397 e. The molecular formula is C21H18N4O4. The van der Waals surface area contributed by atoms with Crippen LogP contribution in [0.25, 0.3) is 0 Å². The first-order valence-electron chi connectivity index (χ1n) is 8.72. The molecule has 8 heteroatoms. The smallest absolute Gasteiger partial charge is 0.273 e. The van der Waals surface area contributed by atoms with Gasteiger partial charge in [-0.15, -0.1) is 0 Å². The van der Waals surface area contributed by atoms with Crippen LogP contribution in [0.2, 0.25) is 0 Å². The number of hydrogen-bond donors (Lipinski definition) is 3. The van der Waals surface area contributed by atoms with Crippen LogP contribution in [0.3, 0.4) is 0 Å². The topological polar surface area (TPSA) is 127 Å². The van der Waals surface area contributed by atoms with Crippen molar-refractivity contribution in [3.05, 3.63) is 94.0 Å². The number of nitrogens with two attached hydrogens (primary N) is 1. The number of nitrogens with zero attached hydrogens (tertiary/aromatic N) is 1. The molecule has 0 heterocycles. The number of rotatable bonds is 6. The standard InChI is InChI=1S/C21H18N4O4/c22-17-6-2-3-7-18(17)24-21(27)14-9-11-16(12-10-14)23-20(26)13-15-5-1-4-8-19(15)25(28)29/h1-12H,13,22H2,(H,23,26)(H,24,27). The van der Waals surface area contributed by atoms with Gasteiger partial charge in [0.2, 0.25) is 5.91 Å². The van der Waals surface area contributed by atoms with Gasteiger partial charge in [-0.3, -0.25) is 19.7 Å². The minimum atomic E-state index is -0.518. The minimum Gasteiger partial charge on any atom is -0.397 e. The molecule has 146 valence electrons. The number of carbonyl (C=O) groups excluding carboxylic acids is 2. The van der Waals surface area contributed by atoms with Gasteiger partial charge in [-0.25, -0.2) is 0 Å². The van der Waals surface area contributed by atoms with Gasteiger partial charge in [-0.05, 0) is 36.4 Å². The summed E-state index contributed by atoms with van der Waals surface area (Å²) >= 11 is 0.